The first-order valence-electron chi connectivity index (χ1n) is 5.17. The Morgan fingerprint density at radius 2 is 1.86 bits per heavy atom. The van der Waals surface area contributed by atoms with Gasteiger partial charge in [-0.2, -0.15) is 0 Å². The molecule has 0 aliphatic carbocycles. The van der Waals surface area contributed by atoms with E-state index in [0.717, 1.165) is 29.8 Å². The highest BCUT2D eigenvalue weighted by Crippen LogP contribution is 2.15. The molecule has 1 aromatic carbocycles. The Bertz CT molecular complexity index is 256. The molecule has 0 heterocycles. The Morgan fingerprint density at radius 3 is 2.43 bits per heavy atom. The van der Waals surface area contributed by atoms with Crippen LogP contribution in [-0.4, -0.2) is 6.54 Å². The second-order valence-corrected chi connectivity index (χ2v) is 4.76. The molecule has 78 valence electrons. The van der Waals surface area contributed by atoms with Gasteiger partial charge in [-0.25, -0.2) is 0 Å². The van der Waals surface area contributed by atoms with E-state index in [0.29, 0.717) is 0 Å². The van der Waals surface area contributed by atoms with E-state index in [2.05, 4.69) is 47.1 Å². The predicted octanol–water partition coefficient (Wildman–Crippen LogP) is 3.37. The molecule has 2 N–H and O–H groups in total. The molecule has 14 heavy (non-hydrogen) atoms. The van der Waals surface area contributed by atoms with E-state index in [1.165, 1.54) is 12.0 Å². The molecule has 0 aliphatic rings. The van der Waals surface area contributed by atoms with Crippen molar-refractivity contribution in [1.82, 2.24) is 0 Å². The van der Waals surface area contributed by atoms with Crippen molar-refractivity contribution in [3.05, 3.63) is 34.3 Å². The number of halogens is 1. The van der Waals surface area contributed by atoms with Gasteiger partial charge in [-0.15, -0.1) is 0 Å². The summed E-state index contributed by atoms with van der Waals surface area (Å²) in [6, 6.07) is 8.56. The highest BCUT2D eigenvalue weighted by Gasteiger charge is 2.01. The smallest absolute Gasteiger partial charge is 0.0175 e. The zero-order valence-electron chi connectivity index (χ0n) is 8.67. The maximum Gasteiger partial charge on any atom is 0.0175 e. The van der Waals surface area contributed by atoms with E-state index in [4.69, 9.17) is 5.73 Å². The number of nitrogens with two attached hydrogens (primary N) is 1. The van der Waals surface area contributed by atoms with Crippen molar-refractivity contribution in [3.63, 3.8) is 0 Å². The van der Waals surface area contributed by atoms with E-state index in [1.807, 2.05) is 0 Å². The van der Waals surface area contributed by atoms with Crippen LogP contribution >= 0.6 is 15.9 Å². The largest absolute Gasteiger partial charge is 0.330 e. The molecule has 0 bridgehead atoms. The Morgan fingerprint density at radius 1 is 1.21 bits per heavy atom. The van der Waals surface area contributed by atoms with Crippen molar-refractivity contribution < 1.29 is 0 Å². The van der Waals surface area contributed by atoms with Gasteiger partial charge in [0.25, 0.3) is 0 Å². The lowest BCUT2D eigenvalue weighted by Crippen LogP contribution is -2.06. The van der Waals surface area contributed by atoms with Crippen LogP contribution in [0.25, 0.3) is 0 Å². The first-order valence-corrected chi connectivity index (χ1v) is 5.96. The highest BCUT2D eigenvalue weighted by atomic mass is 79.9. The fourth-order valence-corrected chi connectivity index (χ4v) is 1.76. The molecule has 0 radical (unpaired) electrons. The van der Waals surface area contributed by atoms with Gasteiger partial charge < -0.3 is 5.73 Å². The second-order valence-electron chi connectivity index (χ2n) is 3.85. The predicted molar refractivity (Wildman–Crippen MR) is 65.3 cm³/mol. The quantitative estimate of drug-likeness (QED) is 0.858. The molecule has 0 amide bonds. The van der Waals surface area contributed by atoms with Crippen LogP contribution in [0.15, 0.2) is 28.7 Å². The van der Waals surface area contributed by atoms with Gasteiger partial charge in [-0.3, -0.25) is 0 Å². The lowest BCUT2D eigenvalue weighted by atomic mass is 9.98. The van der Waals surface area contributed by atoms with Crippen molar-refractivity contribution in [2.45, 2.75) is 26.2 Å². The van der Waals surface area contributed by atoms with Gasteiger partial charge in [-0.1, -0.05) is 35.0 Å². The summed E-state index contributed by atoms with van der Waals surface area (Å²) in [5, 5.41) is 0. The van der Waals surface area contributed by atoms with Crippen LogP contribution in [0, 0.1) is 5.92 Å². The molecule has 1 nitrogen and oxygen atoms in total. The summed E-state index contributed by atoms with van der Waals surface area (Å²) in [6.07, 6.45) is 3.53. The first-order chi connectivity index (χ1) is 6.72. The van der Waals surface area contributed by atoms with Gasteiger partial charge in [0.1, 0.15) is 0 Å². The molecule has 0 saturated carbocycles. The molecule has 1 rings (SSSR count). The standard InChI is InChI=1S/C12H18BrN/c1-10(8-9-14)2-3-11-4-6-12(13)7-5-11/h4-7,10H,2-3,8-9,14H2,1H3. The third-order valence-electron chi connectivity index (χ3n) is 2.50. The van der Waals surface area contributed by atoms with Gasteiger partial charge in [0.05, 0.1) is 0 Å². The van der Waals surface area contributed by atoms with Crippen molar-refractivity contribution >= 4 is 15.9 Å². The minimum absolute atomic E-state index is 0.739. The monoisotopic (exact) mass is 255 g/mol. The van der Waals surface area contributed by atoms with E-state index < -0.39 is 0 Å². The highest BCUT2D eigenvalue weighted by molar-refractivity contribution is 9.10. The zero-order valence-corrected chi connectivity index (χ0v) is 10.3. The summed E-state index contributed by atoms with van der Waals surface area (Å²) < 4.78 is 1.15. The summed E-state index contributed by atoms with van der Waals surface area (Å²) in [5.74, 6) is 0.739. The van der Waals surface area contributed by atoms with Gasteiger partial charge in [0, 0.05) is 4.47 Å². The van der Waals surface area contributed by atoms with E-state index >= 15 is 0 Å². The van der Waals surface area contributed by atoms with E-state index in [9.17, 15) is 0 Å². The number of benzene rings is 1. The Labute approximate surface area is 94.8 Å². The maximum atomic E-state index is 5.51. The molecule has 1 unspecified atom stereocenters. The van der Waals surface area contributed by atoms with Crippen LogP contribution in [0.4, 0.5) is 0 Å². The maximum absolute atomic E-state index is 5.51. The van der Waals surface area contributed by atoms with Crippen molar-refractivity contribution in [2.24, 2.45) is 11.7 Å². The average molecular weight is 256 g/mol. The van der Waals surface area contributed by atoms with Gasteiger partial charge in [0.2, 0.25) is 0 Å². The molecule has 0 fully saturated rings. The lowest BCUT2D eigenvalue weighted by Gasteiger charge is -2.09. The molecule has 2 heteroatoms. The van der Waals surface area contributed by atoms with Crippen molar-refractivity contribution in [1.29, 1.82) is 0 Å². The van der Waals surface area contributed by atoms with Crippen LogP contribution in [0.3, 0.4) is 0 Å². The minimum atomic E-state index is 0.739. The number of rotatable bonds is 5. The average Bonchev–Trinajstić information content (AvgIpc) is 2.17. The van der Waals surface area contributed by atoms with E-state index in [1.54, 1.807) is 0 Å². The zero-order chi connectivity index (χ0) is 10.4. The number of aryl methyl sites for hydroxylation is 1. The molecule has 0 saturated heterocycles. The van der Waals surface area contributed by atoms with Crippen molar-refractivity contribution in [3.8, 4) is 0 Å². The Hall–Kier alpha value is -0.340. The Kier molecular flexibility index (Phi) is 5.20. The Balaban J connectivity index is 2.34. The van der Waals surface area contributed by atoms with Crippen LogP contribution in [-0.2, 0) is 6.42 Å². The summed E-state index contributed by atoms with van der Waals surface area (Å²) >= 11 is 3.43. The fourth-order valence-electron chi connectivity index (χ4n) is 1.49. The lowest BCUT2D eigenvalue weighted by molar-refractivity contribution is 0.500. The number of hydrogen-bond acceptors (Lipinski definition) is 1. The van der Waals surface area contributed by atoms with Gasteiger partial charge in [-0.05, 0) is 49.4 Å². The van der Waals surface area contributed by atoms with Crippen LogP contribution in [0.5, 0.6) is 0 Å². The third-order valence-corrected chi connectivity index (χ3v) is 3.03. The minimum Gasteiger partial charge on any atom is -0.330 e. The second kappa shape index (κ2) is 6.20. The summed E-state index contributed by atoms with van der Waals surface area (Å²) in [6.45, 7) is 3.08. The molecule has 1 atom stereocenters. The molecule has 0 aliphatic heterocycles. The SMILES string of the molecule is CC(CCN)CCc1ccc(Br)cc1. The summed E-state index contributed by atoms with van der Waals surface area (Å²) in [4.78, 5) is 0. The summed E-state index contributed by atoms with van der Waals surface area (Å²) in [7, 11) is 0. The summed E-state index contributed by atoms with van der Waals surface area (Å²) in [5.41, 5.74) is 6.93. The topological polar surface area (TPSA) is 26.0 Å². The van der Waals surface area contributed by atoms with E-state index in [-0.39, 0.29) is 0 Å². The third kappa shape index (κ3) is 4.25. The van der Waals surface area contributed by atoms with Gasteiger partial charge >= 0.3 is 0 Å². The van der Waals surface area contributed by atoms with Gasteiger partial charge in [0.15, 0.2) is 0 Å². The molecule has 0 aromatic heterocycles. The molecular weight excluding hydrogens is 238 g/mol. The first kappa shape index (κ1) is 11.7. The fraction of sp³-hybridized carbons (Fsp3) is 0.500. The molecular formula is C12H18BrN. The molecule has 0 spiro atoms. The normalized spacial score (nSPS) is 12.8. The van der Waals surface area contributed by atoms with Crippen molar-refractivity contribution in [2.75, 3.05) is 6.54 Å². The van der Waals surface area contributed by atoms with Crippen LogP contribution < -0.4 is 5.73 Å². The number of hydrogen-bond donors (Lipinski definition) is 1. The van der Waals surface area contributed by atoms with Crippen LogP contribution in [0.1, 0.15) is 25.3 Å². The molecule has 1 aromatic rings. The van der Waals surface area contributed by atoms with Crippen LogP contribution in [0.2, 0.25) is 0 Å².